The standard InChI is InChI=1S/C16H15N3O2/c1-12-4-6-13(7-5-12)21-16-9-15(18-11-19-16)17-10-14-3-2-8-20-14/h2-9,11H,10H2,1H3,(H,17,18,19). The van der Waals surface area contributed by atoms with E-state index in [0.29, 0.717) is 18.2 Å². The van der Waals surface area contributed by atoms with Gasteiger partial charge in [-0.25, -0.2) is 9.97 Å². The molecular weight excluding hydrogens is 266 g/mol. The minimum absolute atomic E-state index is 0.496. The third kappa shape index (κ3) is 3.60. The molecule has 0 aliphatic carbocycles. The van der Waals surface area contributed by atoms with Crippen LogP contribution < -0.4 is 10.1 Å². The van der Waals surface area contributed by atoms with Crippen LogP contribution in [0.1, 0.15) is 11.3 Å². The molecule has 0 atom stereocenters. The van der Waals surface area contributed by atoms with Crippen molar-refractivity contribution >= 4 is 5.82 Å². The summed E-state index contributed by atoms with van der Waals surface area (Å²) in [4.78, 5) is 8.26. The van der Waals surface area contributed by atoms with Crippen molar-refractivity contribution in [2.24, 2.45) is 0 Å². The third-order valence-corrected chi connectivity index (χ3v) is 2.91. The van der Waals surface area contributed by atoms with Gasteiger partial charge in [0.1, 0.15) is 23.7 Å². The average Bonchev–Trinajstić information content (AvgIpc) is 3.01. The van der Waals surface area contributed by atoms with Gasteiger partial charge in [0.25, 0.3) is 0 Å². The number of ether oxygens (including phenoxy) is 1. The molecule has 2 aromatic heterocycles. The molecule has 0 fully saturated rings. The first-order valence-electron chi connectivity index (χ1n) is 6.62. The number of aromatic nitrogens is 2. The van der Waals surface area contributed by atoms with Crippen LogP contribution in [0.5, 0.6) is 11.6 Å². The van der Waals surface area contributed by atoms with E-state index in [9.17, 15) is 0 Å². The molecule has 3 aromatic rings. The highest BCUT2D eigenvalue weighted by molar-refractivity contribution is 5.39. The van der Waals surface area contributed by atoms with E-state index in [1.165, 1.54) is 11.9 Å². The van der Waals surface area contributed by atoms with Crippen molar-refractivity contribution in [2.45, 2.75) is 13.5 Å². The molecule has 21 heavy (non-hydrogen) atoms. The van der Waals surface area contributed by atoms with Gasteiger partial charge in [0, 0.05) is 6.07 Å². The Bertz CT molecular complexity index is 694. The summed E-state index contributed by atoms with van der Waals surface area (Å²) >= 11 is 0. The Morgan fingerprint density at radius 2 is 2.00 bits per heavy atom. The van der Waals surface area contributed by atoms with Crippen molar-refractivity contribution in [3.8, 4) is 11.6 Å². The van der Waals surface area contributed by atoms with Gasteiger partial charge in [-0.1, -0.05) is 17.7 Å². The molecule has 106 valence electrons. The summed E-state index contributed by atoms with van der Waals surface area (Å²) in [5.74, 6) is 2.77. The molecule has 5 nitrogen and oxygen atoms in total. The van der Waals surface area contributed by atoms with E-state index in [4.69, 9.17) is 9.15 Å². The van der Waals surface area contributed by atoms with Gasteiger partial charge in [0.05, 0.1) is 12.8 Å². The van der Waals surface area contributed by atoms with Gasteiger partial charge in [-0.3, -0.25) is 0 Å². The number of hydrogen-bond donors (Lipinski definition) is 1. The predicted molar refractivity (Wildman–Crippen MR) is 79.3 cm³/mol. The van der Waals surface area contributed by atoms with Crippen molar-refractivity contribution in [2.75, 3.05) is 5.32 Å². The molecule has 1 aromatic carbocycles. The molecule has 5 heteroatoms. The predicted octanol–water partition coefficient (Wildman–Crippen LogP) is 3.78. The fourth-order valence-corrected chi connectivity index (χ4v) is 1.81. The van der Waals surface area contributed by atoms with Gasteiger partial charge in [0.15, 0.2) is 0 Å². The number of rotatable bonds is 5. The van der Waals surface area contributed by atoms with Crippen molar-refractivity contribution < 1.29 is 9.15 Å². The Balaban J connectivity index is 1.66. The lowest BCUT2D eigenvalue weighted by Gasteiger charge is -2.07. The largest absolute Gasteiger partial charge is 0.467 e. The molecule has 3 rings (SSSR count). The molecule has 1 N–H and O–H groups in total. The van der Waals surface area contributed by atoms with E-state index >= 15 is 0 Å². The lowest BCUT2D eigenvalue weighted by atomic mass is 10.2. The summed E-state index contributed by atoms with van der Waals surface area (Å²) in [6.07, 6.45) is 3.11. The van der Waals surface area contributed by atoms with E-state index in [0.717, 1.165) is 11.5 Å². The van der Waals surface area contributed by atoms with Crippen LogP contribution in [0.25, 0.3) is 0 Å². The molecule has 2 heterocycles. The van der Waals surface area contributed by atoms with Gasteiger partial charge in [-0.2, -0.15) is 0 Å². The van der Waals surface area contributed by atoms with Gasteiger partial charge in [-0.05, 0) is 31.2 Å². The van der Waals surface area contributed by atoms with Crippen LogP contribution in [0, 0.1) is 6.92 Å². The summed E-state index contributed by atoms with van der Waals surface area (Å²) < 4.78 is 11.0. The monoisotopic (exact) mass is 281 g/mol. The van der Waals surface area contributed by atoms with E-state index in [2.05, 4.69) is 15.3 Å². The molecule has 0 saturated carbocycles. The zero-order valence-electron chi connectivity index (χ0n) is 11.6. The maximum atomic E-state index is 5.70. The van der Waals surface area contributed by atoms with Gasteiger partial charge in [-0.15, -0.1) is 0 Å². The SMILES string of the molecule is Cc1ccc(Oc2cc(NCc3ccco3)ncn2)cc1. The molecule has 0 saturated heterocycles. The number of aryl methyl sites for hydroxylation is 1. The van der Waals surface area contributed by atoms with E-state index < -0.39 is 0 Å². The average molecular weight is 281 g/mol. The zero-order valence-corrected chi connectivity index (χ0v) is 11.6. The highest BCUT2D eigenvalue weighted by Crippen LogP contribution is 2.21. The molecule has 0 spiro atoms. The second kappa shape index (κ2) is 6.09. The molecule has 0 unspecified atom stereocenters. The van der Waals surface area contributed by atoms with E-state index in [1.54, 1.807) is 12.3 Å². The number of nitrogens with one attached hydrogen (secondary N) is 1. The van der Waals surface area contributed by atoms with Gasteiger partial charge in [0.2, 0.25) is 5.88 Å². The Hall–Kier alpha value is -2.82. The summed E-state index contributed by atoms with van der Waals surface area (Å²) in [6, 6.07) is 13.3. The molecule has 0 radical (unpaired) electrons. The van der Waals surface area contributed by atoms with Crippen molar-refractivity contribution in [1.82, 2.24) is 9.97 Å². The fraction of sp³-hybridized carbons (Fsp3) is 0.125. The number of benzene rings is 1. The van der Waals surface area contributed by atoms with Crippen molar-refractivity contribution in [3.63, 3.8) is 0 Å². The van der Waals surface area contributed by atoms with Crippen LogP contribution in [0.2, 0.25) is 0 Å². The maximum absolute atomic E-state index is 5.70. The number of nitrogens with zero attached hydrogens (tertiary/aromatic N) is 2. The van der Waals surface area contributed by atoms with Crippen LogP contribution in [0.15, 0.2) is 59.5 Å². The Kier molecular flexibility index (Phi) is 3.82. The first kappa shape index (κ1) is 13.2. The summed E-state index contributed by atoms with van der Waals surface area (Å²) in [7, 11) is 0. The molecule has 0 aliphatic rings. The van der Waals surface area contributed by atoms with Gasteiger partial charge < -0.3 is 14.5 Å². The van der Waals surface area contributed by atoms with Crippen LogP contribution in [-0.4, -0.2) is 9.97 Å². The van der Waals surface area contributed by atoms with Crippen molar-refractivity contribution in [1.29, 1.82) is 0 Å². The normalized spacial score (nSPS) is 10.3. The smallest absolute Gasteiger partial charge is 0.224 e. The first-order chi connectivity index (χ1) is 10.3. The summed E-state index contributed by atoms with van der Waals surface area (Å²) in [5.41, 5.74) is 1.19. The minimum Gasteiger partial charge on any atom is -0.467 e. The zero-order chi connectivity index (χ0) is 14.5. The molecule has 0 aliphatic heterocycles. The third-order valence-electron chi connectivity index (χ3n) is 2.91. The van der Waals surface area contributed by atoms with Crippen molar-refractivity contribution in [3.05, 3.63) is 66.4 Å². The minimum atomic E-state index is 0.496. The molecular formula is C16H15N3O2. The van der Waals surface area contributed by atoms with Crippen LogP contribution >= 0.6 is 0 Å². The van der Waals surface area contributed by atoms with E-state index in [1.807, 2.05) is 43.3 Å². The Morgan fingerprint density at radius 3 is 2.76 bits per heavy atom. The Labute approximate surface area is 122 Å². The highest BCUT2D eigenvalue weighted by atomic mass is 16.5. The molecule has 0 bridgehead atoms. The topological polar surface area (TPSA) is 60.2 Å². The lowest BCUT2D eigenvalue weighted by molar-refractivity contribution is 0.461. The number of hydrogen-bond acceptors (Lipinski definition) is 5. The highest BCUT2D eigenvalue weighted by Gasteiger charge is 2.02. The number of furan rings is 1. The maximum Gasteiger partial charge on any atom is 0.224 e. The fourth-order valence-electron chi connectivity index (χ4n) is 1.81. The summed E-state index contributed by atoms with van der Waals surface area (Å²) in [6.45, 7) is 2.60. The van der Waals surface area contributed by atoms with Crippen LogP contribution in [0.4, 0.5) is 5.82 Å². The first-order valence-corrected chi connectivity index (χ1v) is 6.62. The van der Waals surface area contributed by atoms with Gasteiger partial charge >= 0.3 is 0 Å². The van der Waals surface area contributed by atoms with E-state index in [-0.39, 0.29) is 0 Å². The number of anilines is 1. The lowest BCUT2D eigenvalue weighted by Crippen LogP contribution is -2.01. The second-order valence-corrected chi connectivity index (χ2v) is 4.59. The van der Waals surface area contributed by atoms with Crippen LogP contribution in [0.3, 0.4) is 0 Å². The summed E-state index contributed by atoms with van der Waals surface area (Å²) in [5, 5.41) is 3.16. The Morgan fingerprint density at radius 1 is 1.14 bits per heavy atom. The van der Waals surface area contributed by atoms with Crippen LogP contribution in [-0.2, 0) is 6.54 Å². The molecule has 0 amide bonds. The second-order valence-electron chi connectivity index (χ2n) is 4.59. The quantitative estimate of drug-likeness (QED) is 0.771.